The number of methoxy groups -OCH3 is 1. The molecule has 1 unspecified atom stereocenters. The van der Waals surface area contributed by atoms with E-state index < -0.39 is 10.0 Å². The molecule has 1 aromatic carbocycles. The van der Waals surface area contributed by atoms with E-state index in [9.17, 15) is 8.42 Å². The maximum absolute atomic E-state index is 12.8. The quantitative estimate of drug-likeness (QED) is 0.821. The Morgan fingerprint density at radius 2 is 1.91 bits per heavy atom. The van der Waals surface area contributed by atoms with Gasteiger partial charge < -0.3 is 4.74 Å². The maximum atomic E-state index is 12.8. The molecule has 0 amide bonds. The number of piperazine rings is 1. The number of hydrogen-bond acceptors (Lipinski definition) is 4. The van der Waals surface area contributed by atoms with E-state index in [0.717, 1.165) is 19.5 Å². The van der Waals surface area contributed by atoms with Gasteiger partial charge in [-0.3, -0.25) is 4.90 Å². The first-order valence-electron chi connectivity index (χ1n) is 7.48. The molecule has 0 spiro atoms. The minimum absolute atomic E-state index is 0.138. The summed E-state index contributed by atoms with van der Waals surface area (Å²) < 4.78 is 32.4. The Balaban J connectivity index is 2.21. The summed E-state index contributed by atoms with van der Waals surface area (Å²) in [5.74, 6) is 0.328. The molecule has 22 heavy (non-hydrogen) atoms. The molecule has 1 heterocycles. The average molecular weight is 347 g/mol. The SMILES string of the molecule is CCC(C)N1CCN(S(=O)(=O)c2cc(Cl)ccc2OC)CC1. The van der Waals surface area contributed by atoms with Crippen LogP contribution in [0.5, 0.6) is 5.75 Å². The molecule has 124 valence electrons. The fourth-order valence-corrected chi connectivity index (χ4v) is 4.47. The third kappa shape index (κ3) is 3.56. The number of benzene rings is 1. The predicted octanol–water partition coefficient (Wildman–Crippen LogP) is 2.45. The fraction of sp³-hybridized carbons (Fsp3) is 0.600. The maximum Gasteiger partial charge on any atom is 0.246 e. The number of nitrogens with zero attached hydrogens (tertiary/aromatic N) is 2. The first-order valence-corrected chi connectivity index (χ1v) is 9.29. The van der Waals surface area contributed by atoms with Crippen LogP contribution in [0, 0.1) is 0 Å². The van der Waals surface area contributed by atoms with Crippen LogP contribution in [-0.2, 0) is 10.0 Å². The molecule has 1 aromatic rings. The van der Waals surface area contributed by atoms with Crippen molar-refractivity contribution in [3.05, 3.63) is 23.2 Å². The highest BCUT2D eigenvalue weighted by Crippen LogP contribution is 2.30. The summed E-state index contributed by atoms with van der Waals surface area (Å²) in [7, 11) is -2.12. The number of ether oxygens (including phenoxy) is 1. The summed E-state index contributed by atoms with van der Waals surface area (Å²) in [4.78, 5) is 2.46. The molecule has 0 bridgehead atoms. The molecule has 1 atom stereocenters. The Kier molecular flexibility index (Phi) is 5.71. The van der Waals surface area contributed by atoms with Crippen molar-refractivity contribution >= 4 is 21.6 Å². The number of sulfonamides is 1. The second kappa shape index (κ2) is 7.17. The van der Waals surface area contributed by atoms with Gasteiger partial charge in [-0.05, 0) is 31.5 Å². The Labute approximate surface area is 137 Å². The van der Waals surface area contributed by atoms with Crippen LogP contribution in [0.25, 0.3) is 0 Å². The highest BCUT2D eigenvalue weighted by atomic mass is 35.5. The van der Waals surface area contributed by atoms with Gasteiger partial charge in [0.05, 0.1) is 7.11 Å². The van der Waals surface area contributed by atoms with E-state index in [-0.39, 0.29) is 4.90 Å². The molecule has 2 rings (SSSR count). The molecule has 5 nitrogen and oxygen atoms in total. The van der Waals surface area contributed by atoms with Crippen molar-refractivity contribution in [1.82, 2.24) is 9.21 Å². The molecule has 0 saturated carbocycles. The zero-order valence-electron chi connectivity index (χ0n) is 13.3. The van der Waals surface area contributed by atoms with Crippen molar-refractivity contribution in [2.45, 2.75) is 31.2 Å². The van der Waals surface area contributed by atoms with Gasteiger partial charge in [-0.1, -0.05) is 18.5 Å². The summed E-state index contributed by atoms with van der Waals surface area (Å²) in [6.45, 7) is 6.79. The molecule has 0 N–H and O–H groups in total. The standard InChI is InChI=1S/C15H23ClN2O3S/c1-4-12(2)17-7-9-18(10-8-17)22(19,20)15-11-13(16)5-6-14(15)21-3/h5-6,11-12H,4,7-10H2,1-3H3. The van der Waals surface area contributed by atoms with Crippen LogP contribution in [0.2, 0.25) is 5.02 Å². The van der Waals surface area contributed by atoms with Crippen molar-refractivity contribution in [2.75, 3.05) is 33.3 Å². The van der Waals surface area contributed by atoms with Crippen LogP contribution in [0.4, 0.5) is 0 Å². The molecule has 1 aliphatic rings. The lowest BCUT2D eigenvalue weighted by Gasteiger charge is -2.37. The Hall–Kier alpha value is -0.820. The normalized spacial score (nSPS) is 19.1. The molecule has 0 aromatic heterocycles. The van der Waals surface area contributed by atoms with E-state index in [1.807, 2.05) is 0 Å². The van der Waals surface area contributed by atoms with Crippen LogP contribution in [0.1, 0.15) is 20.3 Å². The monoisotopic (exact) mass is 346 g/mol. The molecule has 0 aliphatic carbocycles. The summed E-state index contributed by atoms with van der Waals surface area (Å²) in [6, 6.07) is 5.15. The molecule has 7 heteroatoms. The van der Waals surface area contributed by atoms with Crippen molar-refractivity contribution in [1.29, 1.82) is 0 Å². The Morgan fingerprint density at radius 3 is 2.45 bits per heavy atom. The average Bonchev–Trinajstić information content (AvgIpc) is 2.54. The van der Waals surface area contributed by atoms with Crippen LogP contribution in [-0.4, -0.2) is 57.0 Å². The summed E-state index contributed by atoms with van der Waals surface area (Å²) in [5.41, 5.74) is 0. The molecular formula is C15H23ClN2O3S. The first kappa shape index (κ1) is 17.5. The minimum atomic E-state index is -3.59. The van der Waals surface area contributed by atoms with Crippen molar-refractivity contribution in [3.8, 4) is 5.75 Å². The van der Waals surface area contributed by atoms with Gasteiger partial charge in [0.1, 0.15) is 10.6 Å². The second-order valence-electron chi connectivity index (χ2n) is 5.49. The van der Waals surface area contributed by atoms with Gasteiger partial charge in [0.2, 0.25) is 10.0 Å². The summed E-state index contributed by atoms with van der Waals surface area (Å²) in [6.07, 6.45) is 1.06. The predicted molar refractivity (Wildman–Crippen MR) is 88.1 cm³/mol. The van der Waals surface area contributed by atoms with Gasteiger partial charge in [-0.25, -0.2) is 8.42 Å². The molecule has 1 aliphatic heterocycles. The van der Waals surface area contributed by atoms with Crippen molar-refractivity contribution in [3.63, 3.8) is 0 Å². The zero-order valence-corrected chi connectivity index (χ0v) is 14.8. The first-order chi connectivity index (χ1) is 10.4. The van der Waals surface area contributed by atoms with Gasteiger partial charge in [0, 0.05) is 37.2 Å². The molecule has 0 radical (unpaired) electrons. The smallest absolute Gasteiger partial charge is 0.246 e. The van der Waals surface area contributed by atoms with E-state index in [1.165, 1.54) is 17.5 Å². The van der Waals surface area contributed by atoms with E-state index in [4.69, 9.17) is 16.3 Å². The summed E-state index contributed by atoms with van der Waals surface area (Å²) in [5, 5.41) is 0.387. The number of halogens is 1. The van der Waals surface area contributed by atoms with Gasteiger partial charge in [-0.2, -0.15) is 4.31 Å². The third-order valence-corrected chi connectivity index (χ3v) is 6.39. The molecular weight excluding hydrogens is 324 g/mol. The number of hydrogen-bond donors (Lipinski definition) is 0. The van der Waals surface area contributed by atoms with Gasteiger partial charge in [0.25, 0.3) is 0 Å². The van der Waals surface area contributed by atoms with Crippen LogP contribution in [0.3, 0.4) is 0 Å². The summed E-state index contributed by atoms with van der Waals surface area (Å²) >= 11 is 5.96. The van der Waals surface area contributed by atoms with Crippen molar-refractivity contribution < 1.29 is 13.2 Å². The van der Waals surface area contributed by atoms with E-state index in [1.54, 1.807) is 12.1 Å². The second-order valence-corrected chi connectivity index (χ2v) is 7.84. The highest BCUT2D eigenvalue weighted by molar-refractivity contribution is 7.89. The Bertz CT molecular complexity index is 613. The van der Waals surface area contributed by atoms with Crippen LogP contribution < -0.4 is 4.74 Å². The van der Waals surface area contributed by atoms with Gasteiger partial charge in [-0.15, -0.1) is 0 Å². The fourth-order valence-electron chi connectivity index (χ4n) is 2.63. The van der Waals surface area contributed by atoms with E-state index in [0.29, 0.717) is 29.9 Å². The largest absolute Gasteiger partial charge is 0.495 e. The molecule has 1 fully saturated rings. The lowest BCUT2D eigenvalue weighted by Crippen LogP contribution is -2.51. The topological polar surface area (TPSA) is 49.9 Å². The highest BCUT2D eigenvalue weighted by Gasteiger charge is 2.31. The van der Waals surface area contributed by atoms with Crippen LogP contribution in [0.15, 0.2) is 23.1 Å². The minimum Gasteiger partial charge on any atom is -0.495 e. The van der Waals surface area contributed by atoms with Crippen LogP contribution >= 0.6 is 11.6 Å². The number of rotatable bonds is 5. The van der Waals surface area contributed by atoms with E-state index in [2.05, 4.69) is 18.7 Å². The van der Waals surface area contributed by atoms with Crippen molar-refractivity contribution in [2.24, 2.45) is 0 Å². The van der Waals surface area contributed by atoms with Gasteiger partial charge >= 0.3 is 0 Å². The lowest BCUT2D eigenvalue weighted by molar-refractivity contribution is 0.142. The van der Waals surface area contributed by atoms with E-state index >= 15 is 0 Å². The third-order valence-electron chi connectivity index (χ3n) is 4.23. The zero-order chi connectivity index (χ0) is 16.3. The molecule has 1 saturated heterocycles. The lowest BCUT2D eigenvalue weighted by atomic mass is 10.2. The van der Waals surface area contributed by atoms with Gasteiger partial charge in [0.15, 0.2) is 0 Å². The Morgan fingerprint density at radius 1 is 1.27 bits per heavy atom.